The number of carbonyl (C=O) groups is 2. The van der Waals surface area contributed by atoms with Gasteiger partial charge in [0, 0.05) is 24.3 Å². The Morgan fingerprint density at radius 2 is 1.90 bits per heavy atom. The fourth-order valence-electron chi connectivity index (χ4n) is 4.46. The van der Waals surface area contributed by atoms with Crippen LogP contribution in [-0.2, 0) is 19.6 Å². The average molecular weight is 452 g/mol. The quantitative estimate of drug-likeness (QED) is 0.670. The molecule has 1 unspecified atom stereocenters. The number of nitrogens with one attached hydrogen (secondary N) is 1. The molecule has 1 aliphatic carbocycles. The van der Waals surface area contributed by atoms with E-state index in [1.54, 1.807) is 31.2 Å². The van der Waals surface area contributed by atoms with Crippen molar-refractivity contribution in [1.29, 1.82) is 0 Å². The Labute approximate surface area is 185 Å². The summed E-state index contributed by atoms with van der Waals surface area (Å²) in [7, 11) is -2.10. The van der Waals surface area contributed by atoms with Gasteiger partial charge in [0.05, 0.1) is 19.4 Å². The van der Waals surface area contributed by atoms with E-state index >= 15 is 0 Å². The normalized spacial score (nSPS) is 24.0. The third kappa shape index (κ3) is 5.03. The largest absolute Gasteiger partial charge is 0.497 e. The van der Waals surface area contributed by atoms with Gasteiger partial charge in [0.15, 0.2) is 0 Å². The maximum Gasteiger partial charge on any atom is 0.247 e. The van der Waals surface area contributed by atoms with Crippen molar-refractivity contribution >= 4 is 27.5 Å². The zero-order chi connectivity index (χ0) is 22.6. The highest BCUT2D eigenvalue weighted by Gasteiger charge is 2.51. The molecule has 0 spiro atoms. The lowest BCUT2D eigenvalue weighted by molar-refractivity contribution is -0.133. The van der Waals surface area contributed by atoms with Gasteiger partial charge in [-0.1, -0.05) is 31.7 Å². The molecular weight excluding hydrogens is 418 g/mol. The van der Waals surface area contributed by atoms with Crippen LogP contribution in [0.5, 0.6) is 5.75 Å². The van der Waals surface area contributed by atoms with Crippen LogP contribution in [0.15, 0.2) is 24.3 Å². The molecule has 9 heteroatoms. The summed E-state index contributed by atoms with van der Waals surface area (Å²) in [6.07, 6.45) is 6.20. The summed E-state index contributed by atoms with van der Waals surface area (Å²) in [4.78, 5) is 28.3. The van der Waals surface area contributed by atoms with E-state index in [4.69, 9.17) is 4.74 Å². The second kappa shape index (κ2) is 9.56. The van der Waals surface area contributed by atoms with E-state index < -0.39 is 21.5 Å². The molecule has 1 atom stereocenters. The first-order valence-corrected chi connectivity index (χ1v) is 12.6. The third-order valence-electron chi connectivity index (χ3n) is 6.29. The first-order valence-electron chi connectivity index (χ1n) is 11.0. The van der Waals surface area contributed by atoms with Crippen LogP contribution in [0, 0.1) is 0 Å². The molecule has 1 saturated heterocycles. The first kappa shape index (κ1) is 23.5. The molecule has 1 aliphatic heterocycles. The molecule has 1 N–H and O–H groups in total. The summed E-state index contributed by atoms with van der Waals surface area (Å²) in [6.45, 7) is 2.80. The Balaban J connectivity index is 1.98. The lowest BCUT2D eigenvalue weighted by Crippen LogP contribution is -2.70. The number of nitrogens with zero attached hydrogens (tertiary/aromatic N) is 2. The molecular formula is C22H33N3O5S. The van der Waals surface area contributed by atoms with E-state index in [1.165, 1.54) is 18.9 Å². The van der Waals surface area contributed by atoms with Gasteiger partial charge in [0.1, 0.15) is 11.3 Å². The number of benzene rings is 1. The fraction of sp³-hybridized carbons (Fsp3) is 0.636. The molecule has 1 saturated carbocycles. The number of rotatable bonds is 6. The van der Waals surface area contributed by atoms with Crippen LogP contribution in [0.1, 0.15) is 52.4 Å². The van der Waals surface area contributed by atoms with Crippen LogP contribution >= 0.6 is 0 Å². The third-order valence-corrected chi connectivity index (χ3v) is 8.06. The summed E-state index contributed by atoms with van der Waals surface area (Å²) in [5.74, 6) is -0.332. The monoisotopic (exact) mass is 451 g/mol. The molecule has 31 heavy (non-hydrogen) atoms. The minimum absolute atomic E-state index is 0.0345. The Kier molecular flexibility index (Phi) is 7.26. The number of amides is 2. The molecule has 0 bridgehead atoms. The molecule has 1 heterocycles. The Bertz CT molecular complexity index is 911. The highest BCUT2D eigenvalue weighted by molar-refractivity contribution is 7.89. The lowest BCUT2D eigenvalue weighted by atomic mass is 9.93. The predicted molar refractivity (Wildman–Crippen MR) is 120 cm³/mol. The predicted octanol–water partition coefficient (Wildman–Crippen LogP) is 2.29. The van der Waals surface area contributed by atoms with Crippen molar-refractivity contribution in [3.05, 3.63) is 24.3 Å². The molecule has 0 radical (unpaired) electrons. The van der Waals surface area contributed by atoms with Crippen molar-refractivity contribution in [2.75, 3.05) is 30.9 Å². The zero-order valence-electron chi connectivity index (χ0n) is 18.6. The topological polar surface area (TPSA) is 96.0 Å². The Hall–Kier alpha value is -2.13. The number of piperazine rings is 1. The standard InChI is InChI=1S/C22H33N3O5S/c1-4-31(28,29)24-15-20(26)25(18-12-9-13-19(14-18)30-3)22(2,16-24)21(27)23-17-10-7-5-6-8-11-17/h9,12-14,17H,4-8,10-11,15-16H2,1-3H3,(H,23,27). The van der Waals surface area contributed by atoms with E-state index in [-0.39, 0.29) is 30.8 Å². The maximum atomic E-state index is 13.6. The SMILES string of the molecule is CCS(=O)(=O)N1CC(=O)N(c2cccc(OC)c2)C(C)(C(=O)NC2CCCCCC2)C1. The summed E-state index contributed by atoms with van der Waals surface area (Å²) in [5.41, 5.74) is -0.868. The fourth-order valence-corrected chi connectivity index (χ4v) is 5.58. The number of hydrogen-bond acceptors (Lipinski definition) is 5. The molecule has 2 aliphatic rings. The van der Waals surface area contributed by atoms with Gasteiger partial charge in [-0.25, -0.2) is 8.42 Å². The van der Waals surface area contributed by atoms with Crippen LogP contribution < -0.4 is 15.0 Å². The van der Waals surface area contributed by atoms with Crippen molar-refractivity contribution < 1.29 is 22.7 Å². The number of hydrogen-bond donors (Lipinski definition) is 1. The summed E-state index contributed by atoms with van der Waals surface area (Å²) in [5, 5.41) is 3.12. The van der Waals surface area contributed by atoms with Gasteiger partial charge >= 0.3 is 0 Å². The van der Waals surface area contributed by atoms with Crippen LogP contribution in [0.25, 0.3) is 0 Å². The second-order valence-electron chi connectivity index (χ2n) is 8.54. The second-order valence-corrected chi connectivity index (χ2v) is 10.8. The van der Waals surface area contributed by atoms with Crippen LogP contribution in [0.4, 0.5) is 5.69 Å². The van der Waals surface area contributed by atoms with Gasteiger partial charge in [0.2, 0.25) is 21.8 Å². The van der Waals surface area contributed by atoms with E-state index in [0.29, 0.717) is 11.4 Å². The highest BCUT2D eigenvalue weighted by Crippen LogP contribution is 2.33. The zero-order valence-corrected chi connectivity index (χ0v) is 19.4. The maximum absolute atomic E-state index is 13.6. The molecule has 3 rings (SSSR count). The van der Waals surface area contributed by atoms with E-state index in [9.17, 15) is 18.0 Å². The van der Waals surface area contributed by atoms with Crippen molar-refractivity contribution in [3.8, 4) is 5.75 Å². The number of methoxy groups -OCH3 is 1. The van der Waals surface area contributed by atoms with Crippen molar-refractivity contribution in [3.63, 3.8) is 0 Å². The first-order chi connectivity index (χ1) is 14.7. The van der Waals surface area contributed by atoms with Gasteiger partial charge in [-0.15, -0.1) is 0 Å². The molecule has 0 aromatic heterocycles. The number of ether oxygens (including phenoxy) is 1. The van der Waals surface area contributed by atoms with Gasteiger partial charge in [-0.3, -0.25) is 14.5 Å². The minimum atomic E-state index is -3.63. The van der Waals surface area contributed by atoms with Crippen molar-refractivity contribution in [1.82, 2.24) is 9.62 Å². The van der Waals surface area contributed by atoms with Crippen molar-refractivity contribution in [2.24, 2.45) is 0 Å². The molecule has 1 aromatic rings. The lowest BCUT2D eigenvalue weighted by Gasteiger charge is -2.47. The average Bonchev–Trinajstić information content (AvgIpc) is 3.02. The van der Waals surface area contributed by atoms with Crippen LogP contribution in [-0.4, -0.2) is 62.1 Å². The summed E-state index contributed by atoms with van der Waals surface area (Å²) in [6, 6.07) is 6.97. The van der Waals surface area contributed by atoms with Crippen molar-refractivity contribution in [2.45, 2.75) is 64.0 Å². The van der Waals surface area contributed by atoms with E-state index in [1.807, 2.05) is 0 Å². The minimum Gasteiger partial charge on any atom is -0.497 e. The molecule has 172 valence electrons. The number of anilines is 1. The highest BCUT2D eigenvalue weighted by atomic mass is 32.2. The molecule has 1 aromatic carbocycles. The number of carbonyl (C=O) groups excluding carboxylic acids is 2. The smallest absolute Gasteiger partial charge is 0.247 e. The van der Waals surface area contributed by atoms with Crippen LogP contribution in [0.2, 0.25) is 0 Å². The van der Waals surface area contributed by atoms with Gasteiger partial charge in [0.25, 0.3) is 0 Å². The molecule has 2 fully saturated rings. The Morgan fingerprint density at radius 3 is 2.52 bits per heavy atom. The summed E-state index contributed by atoms with van der Waals surface area (Å²) >= 11 is 0. The Morgan fingerprint density at radius 1 is 1.23 bits per heavy atom. The molecule has 8 nitrogen and oxygen atoms in total. The van der Waals surface area contributed by atoms with Gasteiger partial charge < -0.3 is 10.1 Å². The van der Waals surface area contributed by atoms with Gasteiger partial charge in [-0.2, -0.15) is 4.31 Å². The van der Waals surface area contributed by atoms with Gasteiger partial charge in [-0.05, 0) is 38.8 Å². The van der Waals surface area contributed by atoms with E-state index in [0.717, 1.165) is 42.8 Å². The van der Waals surface area contributed by atoms with E-state index in [2.05, 4.69) is 5.32 Å². The molecule has 2 amide bonds. The van der Waals surface area contributed by atoms with Crippen LogP contribution in [0.3, 0.4) is 0 Å². The number of sulfonamides is 1. The summed E-state index contributed by atoms with van der Waals surface area (Å²) < 4.78 is 31.6.